The van der Waals surface area contributed by atoms with Gasteiger partial charge in [0.25, 0.3) is 0 Å². The maximum Gasteiger partial charge on any atom is 0.410 e. The lowest BCUT2D eigenvalue weighted by Gasteiger charge is -2.40. The quantitative estimate of drug-likeness (QED) is 0.703. The third kappa shape index (κ3) is 5.47. The molecule has 1 aliphatic rings. The second-order valence-electron chi connectivity index (χ2n) is 8.02. The molecule has 0 saturated carbocycles. The van der Waals surface area contributed by atoms with E-state index in [1.807, 2.05) is 33.8 Å². The molecule has 1 aromatic heterocycles. The Morgan fingerprint density at radius 1 is 1.38 bits per heavy atom. The summed E-state index contributed by atoms with van der Waals surface area (Å²) in [4.78, 5) is 22.0. The molecule has 0 unspecified atom stereocenters. The van der Waals surface area contributed by atoms with Crippen LogP contribution in [0.25, 0.3) is 0 Å². The van der Waals surface area contributed by atoms with Gasteiger partial charge in [0, 0.05) is 31.4 Å². The Morgan fingerprint density at radius 2 is 2.10 bits per heavy atom. The summed E-state index contributed by atoms with van der Waals surface area (Å²) >= 11 is 5.95. The van der Waals surface area contributed by atoms with Crippen LogP contribution in [0.3, 0.4) is 0 Å². The lowest BCUT2D eigenvalue weighted by Crippen LogP contribution is -2.58. The van der Waals surface area contributed by atoms with Gasteiger partial charge in [-0.05, 0) is 50.9 Å². The first-order valence-electron chi connectivity index (χ1n) is 9.37. The summed E-state index contributed by atoms with van der Waals surface area (Å²) in [7, 11) is 0. The number of carbonyl (C=O) groups excluding carboxylic acids is 1. The van der Waals surface area contributed by atoms with Crippen LogP contribution in [0.1, 0.15) is 31.9 Å². The number of hydrogen-bond acceptors (Lipinski definition) is 6. The highest BCUT2D eigenvalue weighted by atomic mass is 35.5. The third-order valence-corrected chi connectivity index (χ3v) is 4.57. The highest BCUT2D eigenvalue weighted by molar-refractivity contribution is 6.28. The van der Waals surface area contributed by atoms with E-state index in [1.54, 1.807) is 17.2 Å². The Balaban J connectivity index is 1.62. The predicted octanol–water partition coefficient (Wildman–Crippen LogP) is 4.22. The van der Waals surface area contributed by atoms with E-state index in [-0.39, 0.29) is 23.2 Å². The number of likely N-dealkylation sites (tertiary alicyclic amines) is 1. The molecular weight excluding hydrogens is 397 g/mol. The SMILES string of the molecule is Cc1cccc(F)c1NCc1cnc(Cl)nc1NC1CN(C(=O)OC(C)(C)C)C1. The van der Waals surface area contributed by atoms with Crippen molar-refractivity contribution in [3.63, 3.8) is 0 Å². The van der Waals surface area contributed by atoms with E-state index in [1.165, 1.54) is 6.07 Å². The first kappa shape index (κ1) is 21.1. The number of benzene rings is 1. The van der Waals surface area contributed by atoms with Crippen molar-refractivity contribution in [2.45, 2.75) is 45.9 Å². The fourth-order valence-corrected chi connectivity index (χ4v) is 3.05. The van der Waals surface area contributed by atoms with E-state index in [9.17, 15) is 9.18 Å². The molecule has 7 nitrogen and oxygen atoms in total. The number of carbonyl (C=O) groups is 1. The average molecular weight is 422 g/mol. The Bertz CT molecular complexity index is 877. The summed E-state index contributed by atoms with van der Waals surface area (Å²) in [6, 6.07) is 4.93. The maximum atomic E-state index is 14.0. The molecule has 1 aromatic carbocycles. The van der Waals surface area contributed by atoms with Gasteiger partial charge in [-0.1, -0.05) is 12.1 Å². The number of nitrogens with one attached hydrogen (secondary N) is 2. The second kappa shape index (κ2) is 8.41. The summed E-state index contributed by atoms with van der Waals surface area (Å²) in [5.74, 6) is 0.238. The molecule has 0 bridgehead atoms. The molecule has 3 rings (SSSR count). The fraction of sp³-hybridized carbons (Fsp3) is 0.450. The van der Waals surface area contributed by atoms with Crippen LogP contribution in [0, 0.1) is 12.7 Å². The molecule has 0 aliphatic carbocycles. The number of hydrogen-bond donors (Lipinski definition) is 2. The first-order valence-corrected chi connectivity index (χ1v) is 9.75. The van der Waals surface area contributed by atoms with Crippen molar-refractivity contribution >= 4 is 29.2 Å². The van der Waals surface area contributed by atoms with Gasteiger partial charge in [0.05, 0.1) is 11.7 Å². The zero-order valence-corrected chi connectivity index (χ0v) is 17.7. The van der Waals surface area contributed by atoms with Gasteiger partial charge in [-0.3, -0.25) is 0 Å². The minimum atomic E-state index is -0.528. The van der Waals surface area contributed by atoms with Crippen molar-refractivity contribution < 1.29 is 13.9 Å². The average Bonchev–Trinajstić information content (AvgIpc) is 2.57. The van der Waals surface area contributed by atoms with E-state index in [0.717, 1.165) is 11.1 Å². The summed E-state index contributed by atoms with van der Waals surface area (Å²) in [6.45, 7) is 8.65. The topological polar surface area (TPSA) is 79.4 Å². The zero-order chi connectivity index (χ0) is 21.2. The monoisotopic (exact) mass is 421 g/mol. The van der Waals surface area contributed by atoms with Gasteiger partial charge in [-0.15, -0.1) is 0 Å². The van der Waals surface area contributed by atoms with Gasteiger partial charge >= 0.3 is 6.09 Å². The summed E-state index contributed by atoms with van der Waals surface area (Å²) in [5, 5.41) is 6.49. The Hall–Kier alpha value is -2.61. The van der Waals surface area contributed by atoms with E-state index in [4.69, 9.17) is 16.3 Å². The largest absolute Gasteiger partial charge is 0.444 e. The van der Waals surface area contributed by atoms with Gasteiger partial charge < -0.3 is 20.3 Å². The number of aryl methyl sites for hydroxylation is 1. The summed E-state index contributed by atoms with van der Waals surface area (Å²) in [5.41, 5.74) is 1.46. The van der Waals surface area contributed by atoms with Crippen molar-refractivity contribution in [2.24, 2.45) is 0 Å². The van der Waals surface area contributed by atoms with E-state index in [2.05, 4.69) is 20.6 Å². The van der Waals surface area contributed by atoms with Gasteiger partial charge in [-0.25, -0.2) is 19.2 Å². The Kier molecular flexibility index (Phi) is 6.12. The molecule has 2 aromatic rings. The number of anilines is 2. The minimum absolute atomic E-state index is 0.0161. The maximum absolute atomic E-state index is 14.0. The van der Waals surface area contributed by atoms with Crippen LogP contribution in [-0.4, -0.2) is 45.7 Å². The van der Waals surface area contributed by atoms with Gasteiger partial charge in [0.1, 0.15) is 17.2 Å². The molecule has 1 fully saturated rings. The van der Waals surface area contributed by atoms with Crippen molar-refractivity contribution in [1.29, 1.82) is 0 Å². The summed E-state index contributed by atoms with van der Waals surface area (Å²) in [6.07, 6.45) is 1.26. The minimum Gasteiger partial charge on any atom is -0.444 e. The third-order valence-electron chi connectivity index (χ3n) is 4.39. The van der Waals surface area contributed by atoms with Crippen molar-refractivity contribution in [1.82, 2.24) is 14.9 Å². The van der Waals surface area contributed by atoms with Crippen LogP contribution in [0.15, 0.2) is 24.4 Å². The fourth-order valence-electron chi connectivity index (χ4n) is 2.92. The van der Waals surface area contributed by atoms with Crippen LogP contribution in [0.2, 0.25) is 5.28 Å². The lowest BCUT2D eigenvalue weighted by molar-refractivity contribution is 0.0104. The zero-order valence-electron chi connectivity index (χ0n) is 16.9. The predicted molar refractivity (Wildman–Crippen MR) is 111 cm³/mol. The number of rotatable bonds is 5. The molecule has 0 spiro atoms. The van der Waals surface area contributed by atoms with Gasteiger partial charge in [-0.2, -0.15) is 0 Å². The number of para-hydroxylation sites is 1. The number of nitrogens with zero attached hydrogens (tertiary/aromatic N) is 3. The van der Waals surface area contributed by atoms with E-state index in [0.29, 0.717) is 31.1 Å². The van der Waals surface area contributed by atoms with Crippen LogP contribution in [0.5, 0.6) is 0 Å². The highest BCUT2D eigenvalue weighted by Gasteiger charge is 2.34. The first-order chi connectivity index (χ1) is 13.6. The van der Waals surface area contributed by atoms with Crippen LogP contribution in [0.4, 0.5) is 20.7 Å². The standard InChI is InChI=1S/C20H25ClFN5O2/c1-12-6-5-7-15(22)16(12)23-8-13-9-24-18(21)26-17(13)25-14-10-27(11-14)19(28)29-20(2,3)4/h5-7,9,14,23H,8,10-11H2,1-4H3,(H,24,25,26). The molecule has 2 N–H and O–H groups in total. The summed E-state index contributed by atoms with van der Waals surface area (Å²) < 4.78 is 19.4. The molecule has 9 heteroatoms. The van der Waals surface area contributed by atoms with E-state index < -0.39 is 5.60 Å². The smallest absolute Gasteiger partial charge is 0.410 e. The van der Waals surface area contributed by atoms with Crippen LogP contribution in [-0.2, 0) is 11.3 Å². The Morgan fingerprint density at radius 3 is 2.76 bits per heavy atom. The molecule has 1 saturated heterocycles. The molecule has 29 heavy (non-hydrogen) atoms. The molecule has 2 heterocycles. The molecular formula is C20H25ClFN5O2. The van der Waals surface area contributed by atoms with Crippen LogP contribution >= 0.6 is 11.6 Å². The van der Waals surface area contributed by atoms with Crippen molar-refractivity contribution in [3.8, 4) is 0 Å². The van der Waals surface area contributed by atoms with E-state index >= 15 is 0 Å². The molecule has 1 amide bonds. The number of ether oxygens (including phenoxy) is 1. The normalized spacial score (nSPS) is 14.3. The van der Waals surface area contributed by atoms with Gasteiger partial charge in [0.2, 0.25) is 5.28 Å². The number of halogens is 2. The Labute approximate surface area is 174 Å². The van der Waals surface area contributed by atoms with Crippen molar-refractivity contribution in [2.75, 3.05) is 23.7 Å². The van der Waals surface area contributed by atoms with Crippen molar-refractivity contribution in [3.05, 3.63) is 46.6 Å². The highest BCUT2D eigenvalue weighted by Crippen LogP contribution is 2.24. The number of amides is 1. The molecule has 0 radical (unpaired) electrons. The van der Waals surface area contributed by atoms with Crippen LogP contribution < -0.4 is 10.6 Å². The lowest BCUT2D eigenvalue weighted by atomic mass is 10.1. The van der Waals surface area contributed by atoms with Gasteiger partial charge in [0.15, 0.2) is 0 Å². The second-order valence-corrected chi connectivity index (χ2v) is 8.36. The molecule has 156 valence electrons. The molecule has 0 atom stereocenters. The number of aromatic nitrogens is 2. The molecule has 1 aliphatic heterocycles.